The average Bonchev–Trinajstić information content (AvgIpc) is 2.29. The fourth-order valence-corrected chi connectivity index (χ4v) is 3.56. The molecule has 1 fully saturated rings. The highest BCUT2D eigenvalue weighted by Crippen LogP contribution is 2.44. The molecule has 1 rings (SSSR count). The van der Waals surface area contributed by atoms with E-state index in [2.05, 4.69) is 33.8 Å². The van der Waals surface area contributed by atoms with Gasteiger partial charge in [0.15, 0.2) is 0 Å². The van der Waals surface area contributed by atoms with Crippen LogP contribution >= 0.6 is 0 Å². The molecule has 1 aliphatic rings. The van der Waals surface area contributed by atoms with Gasteiger partial charge in [0.1, 0.15) is 0 Å². The predicted molar refractivity (Wildman–Crippen MR) is 73.5 cm³/mol. The standard InChI is InChI=1S/C16H29N/c1-5-15-6-8-16(12-17,9-7-15)11-14(4)10-13(2)3/h13-15H,5-11H2,1-4H3. The SMILES string of the molecule is CCC1CCC(C#N)(CC(C)CC(C)C)CC1. The van der Waals surface area contributed by atoms with E-state index in [1.807, 2.05) is 0 Å². The number of hydrogen-bond acceptors (Lipinski definition) is 1. The van der Waals surface area contributed by atoms with Crippen LogP contribution in [-0.4, -0.2) is 0 Å². The second-order valence-corrected chi connectivity index (χ2v) is 6.68. The van der Waals surface area contributed by atoms with Crippen molar-refractivity contribution in [2.24, 2.45) is 23.2 Å². The van der Waals surface area contributed by atoms with Crippen LogP contribution in [0.2, 0.25) is 0 Å². The first kappa shape index (κ1) is 14.6. The van der Waals surface area contributed by atoms with Gasteiger partial charge in [0, 0.05) is 0 Å². The summed E-state index contributed by atoms with van der Waals surface area (Å²) < 4.78 is 0. The molecular formula is C16H29N. The molecule has 0 spiro atoms. The molecule has 0 aromatic heterocycles. The normalized spacial score (nSPS) is 31.2. The molecule has 1 atom stereocenters. The summed E-state index contributed by atoms with van der Waals surface area (Å²) in [5.41, 5.74) is 0.0139. The van der Waals surface area contributed by atoms with E-state index < -0.39 is 0 Å². The third kappa shape index (κ3) is 4.34. The molecule has 98 valence electrons. The topological polar surface area (TPSA) is 23.8 Å². The van der Waals surface area contributed by atoms with Crippen molar-refractivity contribution in [3.8, 4) is 6.07 Å². The van der Waals surface area contributed by atoms with Crippen LogP contribution in [-0.2, 0) is 0 Å². The second kappa shape index (κ2) is 6.43. The maximum absolute atomic E-state index is 9.53. The van der Waals surface area contributed by atoms with Gasteiger partial charge >= 0.3 is 0 Å². The summed E-state index contributed by atoms with van der Waals surface area (Å²) in [6.45, 7) is 9.17. The van der Waals surface area contributed by atoms with Gasteiger partial charge in [-0.25, -0.2) is 0 Å². The van der Waals surface area contributed by atoms with Crippen LogP contribution in [0, 0.1) is 34.5 Å². The van der Waals surface area contributed by atoms with Crippen molar-refractivity contribution in [2.75, 3.05) is 0 Å². The van der Waals surface area contributed by atoms with E-state index in [1.54, 1.807) is 0 Å². The summed E-state index contributed by atoms with van der Waals surface area (Å²) in [7, 11) is 0. The van der Waals surface area contributed by atoms with E-state index in [9.17, 15) is 5.26 Å². The van der Waals surface area contributed by atoms with Gasteiger partial charge in [0.05, 0.1) is 11.5 Å². The molecule has 0 radical (unpaired) electrons. The van der Waals surface area contributed by atoms with E-state index in [0.717, 1.165) is 31.1 Å². The zero-order valence-corrected chi connectivity index (χ0v) is 12.1. The average molecular weight is 235 g/mol. The minimum atomic E-state index is 0.0139. The molecule has 0 amide bonds. The molecule has 0 aromatic rings. The molecule has 0 N–H and O–H groups in total. The van der Waals surface area contributed by atoms with Crippen LogP contribution in [0.3, 0.4) is 0 Å². The molecule has 17 heavy (non-hydrogen) atoms. The van der Waals surface area contributed by atoms with Gasteiger partial charge in [0.2, 0.25) is 0 Å². The summed E-state index contributed by atoms with van der Waals surface area (Å²) in [6.07, 6.45) is 8.52. The van der Waals surface area contributed by atoms with E-state index in [-0.39, 0.29) is 5.41 Å². The second-order valence-electron chi connectivity index (χ2n) is 6.68. The van der Waals surface area contributed by atoms with Crippen molar-refractivity contribution >= 4 is 0 Å². The van der Waals surface area contributed by atoms with Crippen LogP contribution in [0.25, 0.3) is 0 Å². The van der Waals surface area contributed by atoms with Crippen molar-refractivity contribution in [3.05, 3.63) is 0 Å². The lowest BCUT2D eigenvalue weighted by Crippen LogP contribution is -2.28. The number of rotatable bonds is 5. The smallest absolute Gasteiger partial charge is 0.0689 e. The Hall–Kier alpha value is -0.510. The molecule has 0 heterocycles. The summed E-state index contributed by atoms with van der Waals surface area (Å²) in [5, 5.41) is 9.53. The maximum Gasteiger partial charge on any atom is 0.0689 e. The van der Waals surface area contributed by atoms with E-state index in [0.29, 0.717) is 5.92 Å². The lowest BCUT2D eigenvalue weighted by Gasteiger charge is -2.36. The van der Waals surface area contributed by atoms with E-state index in [4.69, 9.17) is 0 Å². The molecule has 0 bridgehead atoms. The molecule has 1 aliphatic carbocycles. The first-order valence-electron chi connectivity index (χ1n) is 7.42. The van der Waals surface area contributed by atoms with Crippen molar-refractivity contribution in [1.29, 1.82) is 5.26 Å². The fraction of sp³-hybridized carbons (Fsp3) is 0.938. The molecular weight excluding hydrogens is 206 g/mol. The van der Waals surface area contributed by atoms with Crippen LogP contribution in [0.5, 0.6) is 0 Å². The van der Waals surface area contributed by atoms with Crippen LogP contribution in [0.4, 0.5) is 0 Å². The van der Waals surface area contributed by atoms with Crippen molar-refractivity contribution in [1.82, 2.24) is 0 Å². The highest BCUT2D eigenvalue weighted by atomic mass is 14.4. The molecule has 1 nitrogen and oxygen atoms in total. The number of nitriles is 1. The number of nitrogens with zero attached hydrogens (tertiary/aromatic N) is 1. The van der Waals surface area contributed by atoms with Crippen LogP contribution in [0.1, 0.15) is 72.6 Å². The van der Waals surface area contributed by atoms with Gasteiger partial charge in [-0.1, -0.05) is 34.1 Å². The maximum atomic E-state index is 9.53. The highest BCUT2D eigenvalue weighted by molar-refractivity contribution is 5.02. The summed E-state index contributed by atoms with van der Waals surface area (Å²) in [6, 6.07) is 2.67. The largest absolute Gasteiger partial charge is 0.198 e. The quantitative estimate of drug-likeness (QED) is 0.645. The lowest BCUT2D eigenvalue weighted by molar-refractivity contribution is 0.164. The first-order valence-corrected chi connectivity index (χ1v) is 7.42. The lowest BCUT2D eigenvalue weighted by atomic mass is 9.66. The van der Waals surface area contributed by atoms with Gasteiger partial charge in [0.25, 0.3) is 0 Å². The van der Waals surface area contributed by atoms with E-state index >= 15 is 0 Å². The third-order valence-electron chi connectivity index (χ3n) is 4.49. The van der Waals surface area contributed by atoms with Gasteiger partial charge in [-0.05, 0) is 56.3 Å². The Morgan fingerprint density at radius 2 is 1.82 bits per heavy atom. The number of hydrogen-bond donors (Lipinski definition) is 0. The summed E-state index contributed by atoms with van der Waals surface area (Å²) in [4.78, 5) is 0. The van der Waals surface area contributed by atoms with Gasteiger partial charge in [-0.15, -0.1) is 0 Å². The Morgan fingerprint density at radius 3 is 2.24 bits per heavy atom. The zero-order valence-electron chi connectivity index (χ0n) is 12.1. The van der Waals surface area contributed by atoms with Crippen LogP contribution in [0.15, 0.2) is 0 Å². The highest BCUT2D eigenvalue weighted by Gasteiger charge is 2.36. The van der Waals surface area contributed by atoms with Crippen LogP contribution < -0.4 is 0 Å². The summed E-state index contributed by atoms with van der Waals surface area (Å²) >= 11 is 0. The Morgan fingerprint density at radius 1 is 1.24 bits per heavy atom. The zero-order chi connectivity index (χ0) is 12.9. The van der Waals surface area contributed by atoms with Crippen molar-refractivity contribution in [2.45, 2.75) is 72.6 Å². The van der Waals surface area contributed by atoms with Gasteiger partial charge in [-0.2, -0.15) is 5.26 Å². The molecule has 0 saturated heterocycles. The van der Waals surface area contributed by atoms with E-state index in [1.165, 1.54) is 25.7 Å². The Kier molecular flexibility index (Phi) is 5.50. The Balaban J connectivity index is 2.51. The summed E-state index contributed by atoms with van der Waals surface area (Å²) in [5.74, 6) is 2.34. The molecule has 1 heteroatoms. The minimum Gasteiger partial charge on any atom is -0.198 e. The van der Waals surface area contributed by atoms with Crippen molar-refractivity contribution in [3.63, 3.8) is 0 Å². The van der Waals surface area contributed by atoms with Gasteiger partial charge in [-0.3, -0.25) is 0 Å². The third-order valence-corrected chi connectivity index (χ3v) is 4.49. The van der Waals surface area contributed by atoms with Gasteiger partial charge < -0.3 is 0 Å². The molecule has 0 aliphatic heterocycles. The predicted octanol–water partition coefficient (Wildman–Crippen LogP) is 5.17. The Labute approximate surface area is 108 Å². The first-order chi connectivity index (χ1) is 8.01. The fourth-order valence-electron chi connectivity index (χ4n) is 3.56. The molecule has 1 saturated carbocycles. The molecule has 0 aromatic carbocycles. The monoisotopic (exact) mass is 235 g/mol. The minimum absolute atomic E-state index is 0.0139. The van der Waals surface area contributed by atoms with Crippen molar-refractivity contribution < 1.29 is 0 Å². The molecule has 1 unspecified atom stereocenters. The Bertz CT molecular complexity index is 253.